The molecule has 0 aromatic heterocycles. The molecular formula is C27H28O4S2. The van der Waals surface area contributed by atoms with E-state index >= 15 is 0 Å². The van der Waals surface area contributed by atoms with Crippen LogP contribution in [-0.4, -0.2) is 33.2 Å². The number of benzene rings is 3. The van der Waals surface area contributed by atoms with Gasteiger partial charge >= 0.3 is 11.9 Å². The highest BCUT2D eigenvalue weighted by Crippen LogP contribution is 2.48. The molecule has 0 saturated heterocycles. The summed E-state index contributed by atoms with van der Waals surface area (Å²) in [4.78, 5) is 22.7. The van der Waals surface area contributed by atoms with E-state index in [0.29, 0.717) is 12.2 Å². The quantitative estimate of drug-likeness (QED) is 0.220. The minimum atomic E-state index is -0.998. The summed E-state index contributed by atoms with van der Waals surface area (Å²) in [6.07, 6.45) is 0.437. The lowest BCUT2D eigenvalue weighted by atomic mass is 9.84. The molecule has 3 aromatic rings. The highest BCUT2D eigenvalue weighted by atomic mass is 32.2. The summed E-state index contributed by atoms with van der Waals surface area (Å²) in [6, 6.07) is 30.9. The predicted molar refractivity (Wildman–Crippen MR) is 137 cm³/mol. The van der Waals surface area contributed by atoms with Crippen molar-refractivity contribution in [1.29, 1.82) is 0 Å². The Bertz CT molecular complexity index is 929. The fourth-order valence-electron chi connectivity index (χ4n) is 4.06. The number of thiol groups is 1. The second-order valence-corrected chi connectivity index (χ2v) is 9.83. The van der Waals surface area contributed by atoms with Gasteiger partial charge in [-0.25, -0.2) is 0 Å². The molecule has 0 aliphatic rings. The van der Waals surface area contributed by atoms with Crippen LogP contribution in [0.2, 0.25) is 0 Å². The van der Waals surface area contributed by atoms with Gasteiger partial charge in [-0.2, -0.15) is 12.6 Å². The van der Waals surface area contributed by atoms with Gasteiger partial charge in [0.2, 0.25) is 0 Å². The van der Waals surface area contributed by atoms with Crippen LogP contribution in [0.5, 0.6) is 0 Å². The third-order valence-electron chi connectivity index (χ3n) is 5.72. The van der Waals surface area contributed by atoms with Crippen molar-refractivity contribution in [1.82, 2.24) is 0 Å². The number of carbonyl (C=O) groups is 2. The van der Waals surface area contributed by atoms with Crippen molar-refractivity contribution in [3.05, 3.63) is 108 Å². The monoisotopic (exact) mass is 480 g/mol. The number of carboxylic acid groups (broad SMARTS) is 2. The van der Waals surface area contributed by atoms with Crippen molar-refractivity contribution < 1.29 is 19.8 Å². The van der Waals surface area contributed by atoms with Gasteiger partial charge in [-0.05, 0) is 35.3 Å². The zero-order valence-corrected chi connectivity index (χ0v) is 19.9. The maximum Gasteiger partial charge on any atom is 0.307 e. The predicted octanol–water partition coefficient (Wildman–Crippen LogP) is 5.97. The Morgan fingerprint density at radius 2 is 1.18 bits per heavy atom. The Labute approximate surface area is 204 Å². The Morgan fingerprint density at radius 3 is 1.55 bits per heavy atom. The first-order valence-electron chi connectivity index (χ1n) is 10.9. The normalized spacial score (nSPS) is 13.2. The van der Waals surface area contributed by atoms with Crippen LogP contribution in [0.4, 0.5) is 0 Å². The summed E-state index contributed by atoms with van der Waals surface area (Å²) >= 11 is 6.32. The lowest BCUT2D eigenvalue weighted by Crippen LogP contribution is -2.28. The second kappa shape index (κ2) is 12.0. The van der Waals surface area contributed by atoms with Crippen molar-refractivity contribution >= 4 is 36.3 Å². The van der Waals surface area contributed by atoms with Crippen molar-refractivity contribution in [3.8, 4) is 0 Å². The first-order valence-corrected chi connectivity index (χ1v) is 12.4. The average Bonchev–Trinajstić information content (AvgIpc) is 2.83. The van der Waals surface area contributed by atoms with Crippen LogP contribution in [0.15, 0.2) is 91.0 Å². The SMILES string of the molecule is O=C(O)CCC(C(=O)O)C(S)CCSC(c1ccccc1)(c1ccccc1)c1ccccc1. The van der Waals surface area contributed by atoms with E-state index in [0.717, 1.165) is 16.7 Å². The number of hydrogen-bond acceptors (Lipinski definition) is 4. The van der Waals surface area contributed by atoms with Crippen molar-refractivity contribution in [2.45, 2.75) is 29.3 Å². The van der Waals surface area contributed by atoms with Gasteiger partial charge in [0.1, 0.15) is 0 Å². The van der Waals surface area contributed by atoms with E-state index in [9.17, 15) is 14.7 Å². The van der Waals surface area contributed by atoms with E-state index < -0.39 is 27.9 Å². The summed E-state index contributed by atoms with van der Waals surface area (Å²) in [5.74, 6) is -2.14. The van der Waals surface area contributed by atoms with Crippen LogP contribution in [0, 0.1) is 5.92 Å². The molecule has 0 amide bonds. The molecule has 3 rings (SSSR count). The van der Waals surface area contributed by atoms with Crippen molar-refractivity contribution in [3.63, 3.8) is 0 Å². The van der Waals surface area contributed by atoms with Crippen molar-refractivity contribution in [2.24, 2.45) is 5.92 Å². The minimum Gasteiger partial charge on any atom is -0.481 e. The third-order valence-corrected chi connectivity index (χ3v) is 7.92. The number of carboxylic acids is 2. The Kier molecular flexibility index (Phi) is 9.03. The maximum absolute atomic E-state index is 11.7. The second-order valence-electron chi connectivity index (χ2n) is 7.86. The lowest BCUT2D eigenvalue weighted by molar-refractivity contribution is -0.142. The summed E-state index contributed by atoms with van der Waals surface area (Å²) in [5, 5.41) is 18.1. The summed E-state index contributed by atoms with van der Waals surface area (Å²) in [6.45, 7) is 0. The molecule has 0 radical (unpaired) electrons. The highest BCUT2D eigenvalue weighted by Gasteiger charge is 2.37. The van der Waals surface area contributed by atoms with Gasteiger partial charge in [-0.15, -0.1) is 11.8 Å². The maximum atomic E-state index is 11.7. The molecule has 0 bridgehead atoms. The van der Waals surface area contributed by atoms with Crippen LogP contribution in [-0.2, 0) is 14.3 Å². The van der Waals surface area contributed by atoms with Crippen LogP contribution < -0.4 is 0 Å². The van der Waals surface area contributed by atoms with Gasteiger partial charge in [0.05, 0.1) is 10.7 Å². The van der Waals surface area contributed by atoms with E-state index in [4.69, 9.17) is 5.11 Å². The van der Waals surface area contributed by atoms with E-state index in [1.54, 1.807) is 11.8 Å². The molecule has 33 heavy (non-hydrogen) atoms. The molecule has 0 heterocycles. The first kappa shape index (κ1) is 24.9. The highest BCUT2D eigenvalue weighted by molar-refractivity contribution is 8.00. The zero-order chi connectivity index (χ0) is 23.7. The van der Waals surface area contributed by atoms with E-state index in [-0.39, 0.29) is 12.8 Å². The van der Waals surface area contributed by atoms with Crippen LogP contribution in [0.1, 0.15) is 36.0 Å². The number of aliphatic carboxylic acids is 2. The average molecular weight is 481 g/mol. The number of thioether (sulfide) groups is 1. The largest absolute Gasteiger partial charge is 0.481 e. The number of rotatable bonds is 12. The third kappa shape index (κ3) is 6.21. The Morgan fingerprint density at radius 1 is 0.758 bits per heavy atom. The van der Waals surface area contributed by atoms with Crippen LogP contribution in [0.3, 0.4) is 0 Å². The molecule has 4 nitrogen and oxygen atoms in total. The lowest BCUT2D eigenvalue weighted by Gasteiger charge is -2.36. The zero-order valence-electron chi connectivity index (χ0n) is 18.2. The number of hydrogen-bond donors (Lipinski definition) is 3. The Hall–Kier alpha value is -2.70. The van der Waals surface area contributed by atoms with Gasteiger partial charge < -0.3 is 10.2 Å². The molecule has 0 aliphatic heterocycles. The fourth-order valence-corrected chi connectivity index (χ4v) is 6.23. The molecule has 6 heteroatoms. The topological polar surface area (TPSA) is 74.6 Å². The summed E-state index contributed by atoms with van der Waals surface area (Å²) in [5.41, 5.74) is 3.43. The van der Waals surface area contributed by atoms with Gasteiger partial charge in [0.25, 0.3) is 0 Å². The molecule has 0 saturated carbocycles. The standard InChI is InChI=1S/C27H28O4S2/c28-25(29)17-16-23(26(30)31)24(32)18-19-33-27(20-10-4-1-5-11-20,21-12-6-2-7-13-21)22-14-8-3-9-15-22/h1-15,23-24,32H,16-19H2,(H,28,29)(H,30,31). The molecule has 2 N–H and O–H groups in total. The first-order chi connectivity index (χ1) is 15.9. The molecule has 3 aromatic carbocycles. The Balaban J connectivity index is 1.92. The van der Waals surface area contributed by atoms with E-state index in [2.05, 4.69) is 49.0 Å². The van der Waals surface area contributed by atoms with E-state index in [1.807, 2.05) is 54.6 Å². The molecule has 2 unspecified atom stereocenters. The van der Waals surface area contributed by atoms with Gasteiger partial charge in [-0.3, -0.25) is 9.59 Å². The summed E-state index contributed by atoms with van der Waals surface area (Å²) < 4.78 is -0.475. The molecule has 0 spiro atoms. The molecule has 172 valence electrons. The molecule has 0 aliphatic carbocycles. The van der Waals surface area contributed by atoms with E-state index in [1.165, 1.54) is 0 Å². The van der Waals surface area contributed by atoms with Gasteiger partial charge in [0.15, 0.2) is 0 Å². The molecule has 0 fully saturated rings. The van der Waals surface area contributed by atoms with Crippen LogP contribution >= 0.6 is 24.4 Å². The smallest absolute Gasteiger partial charge is 0.307 e. The van der Waals surface area contributed by atoms with Gasteiger partial charge in [0, 0.05) is 11.7 Å². The molecule has 2 atom stereocenters. The van der Waals surface area contributed by atoms with Crippen LogP contribution in [0.25, 0.3) is 0 Å². The van der Waals surface area contributed by atoms with Crippen molar-refractivity contribution in [2.75, 3.05) is 5.75 Å². The summed E-state index contributed by atoms with van der Waals surface area (Å²) in [7, 11) is 0. The minimum absolute atomic E-state index is 0.0741. The van der Waals surface area contributed by atoms with Gasteiger partial charge in [-0.1, -0.05) is 91.0 Å². The molecular weight excluding hydrogens is 452 g/mol. The fraction of sp³-hybridized carbons (Fsp3) is 0.259.